The number of rotatable bonds is 8. The smallest absolute Gasteiger partial charge is 0.235 e. The number of hydrogen-bond donors (Lipinski definition) is 2. The van der Waals surface area contributed by atoms with Gasteiger partial charge in [0, 0.05) is 40.8 Å². The van der Waals surface area contributed by atoms with Crippen molar-refractivity contribution in [2.75, 3.05) is 33.3 Å². The highest BCUT2D eigenvalue weighted by Gasteiger charge is 2.54. The van der Waals surface area contributed by atoms with Crippen molar-refractivity contribution in [2.45, 2.75) is 52.4 Å². The number of fused-ring (bicyclic) bond motifs is 4. The predicted molar refractivity (Wildman–Crippen MR) is 158 cm³/mol. The number of nitrogens with one attached hydrogen (secondary N) is 1. The van der Waals surface area contributed by atoms with Crippen molar-refractivity contribution in [3.8, 4) is 11.5 Å². The molecule has 0 saturated carbocycles. The van der Waals surface area contributed by atoms with Gasteiger partial charge in [-0.1, -0.05) is 32.9 Å². The van der Waals surface area contributed by atoms with E-state index in [0.717, 1.165) is 64.8 Å². The van der Waals surface area contributed by atoms with Crippen LogP contribution in [0.25, 0.3) is 10.9 Å². The number of aromatic hydroxyl groups is 1. The number of carbonyl (C=O) groups is 2. The van der Waals surface area contributed by atoms with Crippen molar-refractivity contribution in [1.82, 2.24) is 14.8 Å². The van der Waals surface area contributed by atoms with Crippen molar-refractivity contribution in [2.24, 2.45) is 11.3 Å². The number of ether oxygens (including phenoxy) is 1. The minimum Gasteiger partial charge on any atom is -0.508 e. The first-order valence-electron chi connectivity index (χ1n) is 14.1. The number of amides is 2. The number of benzene rings is 2. The lowest BCUT2D eigenvalue weighted by molar-refractivity contribution is -0.151. The van der Waals surface area contributed by atoms with Crippen molar-refractivity contribution >= 4 is 37.3 Å². The Morgan fingerprint density at radius 3 is 2.67 bits per heavy atom. The zero-order valence-electron chi connectivity index (χ0n) is 23.4. The molecule has 1 aromatic heterocycles. The van der Waals surface area contributed by atoms with Gasteiger partial charge < -0.3 is 19.7 Å². The molecule has 1 saturated heterocycles. The van der Waals surface area contributed by atoms with Gasteiger partial charge in [-0.2, -0.15) is 0 Å². The second-order valence-electron chi connectivity index (χ2n) is 11.2. The van der Waals surface area contributed by atoms with Gasteiger partial charge >= 0.3 is 0 Å². The van der Waals surface area contributed by atoms with Crippen LogP contribution in [0.5, 0.6) is 11.5 Å². The van der Waals surface area contributed by atoms with Gasteiger partial charge in [0.05, 0.1) is 12.5 Å². The monoisotopic (exact) mass is 549 g/mol. The largest absolute Gasteiger partial charge is 0.508 e. The molecule has 0 radical (unpaired) electrons. The zero-order valence-corrected chi connectivity index (χ0v) is 24.6. The van der Waals surface area contributed by atoms with E-state index in [4.69, 9.17) is 4.74 Å². The molecule has 5 rings (SSSR count). The average Bonchev–Trinajstić information content (AvgIpc) is 3.22. The number of H-pyrrole nitrogens is 1. The average molecular weight is 550 g/mol. The standard InChI is InChI=1S/C31H40N3O4P/c1-5-33(6-2)13-8-14-34-27(36)12-11-23-28(19-9-7-10-20(35)15-19)29-22(18-31(23,3)30(34)37)21-16-25(38-4)26(39)17-24(21)32-29/h7,9-10,15-17,23,28,32,35H,5-6,8,11-14,18,39H2,1-4H3/t23?,28?,31-/m1/s1. The summed E-state index contributed by atoms with van der Waals surface area (Å²) < 4.78 is 5.64. The lowest BCUT2D eigenvalue weighted by Crippen LogP contribution is -2.51. The topological polar surface area (TPSA) is 85.9 Å². The Morgan fingerprint density at radius 2 is 1.97 bits per heavy atom. The van der Waals surface area contributed by atoms with Gasteiger partial charge in [0.25, 0.3) is 0 Å². The van der Waals surface area contributed by atoms with E-state index in [1.807, 2.05) is 18.2 Å². The summed E-state index contributed by atoms with van der Waals surface area (Å²) in [6.07, 6.45) is 2.26. The van der Waals surface area contributed by atoms with Crippen LogP contribution in [0.4, 0.5) is 0 Å². The fraction of sp³-hybridized carbons (Fsp3) is 0.484. The minimum absolute atomic E-state index is 0.0747. The Bertz CT molecular complexity index is 1400. The van der Waals surface area contributed by atoms with Crippen molar-refractivity contribution < 1.29 is 19.4 Å². The summed E-state index contributed by atoms with van der Waals surface area (Å²) in [5.41, 5.74) is 3.33. The van der Waals surface area contributed by atoms with Crippen molar-refractivity contribution in [3.05, 3.63) is 53.2 Å². The minimum atomic E-state index is -0.771. The predicted octanol–water partition coefficient (Wildman–Crippen LogP) is 4.57. The number of phenols is 1. The molecule has 3 aromatic rings. The molecule has 7 nitrogen and oxygen atoms in total. The molecular formula is C31H40N3O4P. The van der Waals surface area contributed by atoms with E-state index in [1.54, 1.807) is 24.1 Å². The van der Waals surface area contributed by atoms with E-state index >= 15 is 0 Å². The number of imide groups is 1. The molecule has 3 unspecified atom stereocenters. The number of carbonyl (C=O) groups excluding carboxylic acids is 2. The van der Waals surface area contributed by atoms with Crippen LogP contribution in [0.1, 0.15) is 62.8 Å². The summed E-state index contributed by atoms with van der Waals surface area (Å²) in [5, 5.41) is 12.4. The molecule has 1 fully saturated rings. The summed E-state index contributed by atoms with van der Waals surface area (Å²) in [6, 6.07) is 11.5. The maximum absolute atomic E-state index is 14.4. The number of likely N-dealkylation sites (tertiary alicyclic amines) is 1. The summed E-state index contributed by atoms with van der Waals surface area (Å²) >= 11 is 0. The lowest BCUT2D eigenvalue weighted by atomic mass is 9.59. The maximum Gasteiger partial charge on any atom is 0.235 e. The molecular weight excluding hydrogens is 509 g/mol. The van der Waals surface area contributed by atoms with Gasteiger partial charge in [0.15, 0.2) is 0 Å². The number of aromatic amines is 1. The fourth-order valence-electron chi connectivity index (χ4n) is 6.91. The van der Waals surface area contributed by atoms with Gasteiger partial charge in [-0.15, -0.1) is 9.24 Å². The molecule has 0 bridgehead atoms. The van der Waals surface area contributed by atoms with Crippen LogP contribution in [-0.4, -0.2) is 65.0 Å². The molecule has 4 atom stereocenters. The fourth-order valence-corrected chi connectivity index (χ4v) is 7.27. The molecule has 2 N–H and O–H groups in total. The molecule has 1 aliphatic carbocycles. The summed E-state index contributed by atoms with van der Waals surface area (Å²) in [5.74, 6) is 0.560. The number of aromatic nitrogens is 1. The van der Waals surface area contributed by atoms with Gasteiger partial charge in [-0.3, -0.25) is 14.5 Å². The first-order valence-corrected chi connectivity index (χ1v) is 14.6. The number of methoxy groups -OCH3 is 1. The summed E-state index contributed by atoms with van der Waals surface area (Å²) in [7, 11) is 4.40. The Balaban J connectivity index is 1.62. The number of nitrogens with zero attached hydrogens (tertiary/aromatic N) is 2. The molecule has 1 aliphatic heterocycles. The van der Waals surface area contributed by atoms with E-state index in [1.165, 1.54) is 0 Å². The van der Waals surface area contributed by atoms with Crippen LogP contribution in [-0.2, 0) is 16.0 Å². The number of hydrogen-bond acceptors (Lipinski definition) is 5. The maximum atomic E-state index is 14.4. The first kappa shape index (κ1) is 27.7. The van der Waals surface area contributed by atoms with Gasteiger partial charge in [0.1, 0.15) is 11.5 Å². The van der Waals surface area contributed by atoms with Crippen LogP contribution in [0, 0.1) is 11.3 Å². The van der Waals surface area contributed by atoms with Crippen LogP contribution in [0.2, 0.25) is 0 Å². The van der Waals surface area contributed by atoms with Crippen molar-refractivity contribution in [1.29, 1.82) is 0 Å². The Kier molecular flexibility index (Phi) is 7.76. The van der Waals surface area contributed by atoms with Crippen LogP contribution in [0.15, 0.2) is 36.4 Å². The van der Waals surface area contributed by atoms with E-state index in [9.17, 15) is 14.7 Å². The van der Waals surface area contributed by atoms with Crippen LogP contribution in [0.3, 0.4) is 0 Å². The van der Waals surface area contributed by atoms with E-state index < -0.39 is 5.41 Å². The SMILES string of the molecule is CCN(CC)CCCN1C(=O)CCC2C(c3cccc(O)c3)c3[nH]c4cc(P)c(OC)cc4c3C[C@@]2(C)C1=O. The van der Waals surface area contributed by atoms with Gasteiger partial charge in [-0.25, -0.2) is 0 Å². The van der Waals surface area contributed by atoms with E-state index in [0.29, 0.717) is 25.8 Å². The molecule has 2 aromatic carbocycles. The van der Waals surface area contributed by atoms with Crippen molar-refractivity contribution in [3.63, 3.8) is 0 Å². The molecule has 2 aliphatic rings. The molecule has 2 amide bonds. The molecule has 39 heavy (non-hydrogen) atoms. The highest BCUT2D eigenvalue weighted by Crippen LogP contribution is 2.55. The van der Waals surface area contributed by atoms with Crippen LogP contribution >= 0.6 is 9.24 Å². The highest BCUT2D eigenvalue weighted by molar-refractivity contribution is 7.27. The van der Waals surface area contributed by atoms with Gasteiger partial charge in [-0.05, 0) is 80.2 Å². The number of phenolic OH excluding ortho intramolecular Hbond substituents is 1. The third-order valence-corrected chi connectivity index (χ3v) is 9.50. The highest BCUT2D eigenvalue weighted by atomic mass is 31.0. The molecule has 8 heteroatoms. The van der Waals surface area contributed by atoms with E-state index in [2.05, 4.69) is 46.0 Å². The Hall–Kier alpha value is -2.89. The third kappa shape index (κ3) is 4.85. The summed E-state index contributed by atoms with van der Waals surface area (Å²) in [4.78, 5) is 35.4. The second kappa shape index (κ2) is 10.9. The normalized spacial score (nSPS) is 23.2. The zero-order chi connectivity index (χ0) is 27.9. The molecule has 0 spiro atoms. The third-order valence-electron chi connectivity index (χ3n) is 9.05. The lowest BCUT2D eigenvalue weighted by Gasteiger charge is -2.45. The van der Waals surface area contributed by atoms with E-state index in [-0.39, 0.29) is 29.4 Å². The van der Waals surface area contributed by atoms with Gasteiger partial charge in [0.2, 0.25) is 11.8 Å². The quantitative estimate of drug-likeness (QED) is 0.318. The summed E-state index contributed by atoms with van der Waals surface area (Å²) in [6.45, 7) is 9.53. The Labute approximate surface area is 233 Å². The molecule has 2 heterocycles. The Morgan fingerprint density at radius 1 is 1.21 bits per heavy atom. The second-order valence-corrected chi connectivity index (χ2v) is 11.8. The first-order chi connectivity index (χ1) is 18.7. The van der Waals surface area contributed by atoms with Crippen LogP contribution < -0.4 is 10.0 Å². The molecule has 208 valence electrons.